The first-order chi connectivity index (χ1) is 15.7. The van der Waals surface area contributed by atoms with E-state index in [9.17, 15) is 9.59 Å². The maximum atomic E-state index is 15.3. The van der Waals surface area contributed by atoms with Crippen molar-refractivity contribution in [2.24, 2.45) is 0 Å². The van der Waals surface area contributed by atoms with Crippen LogP contribution in [0.1, 0.15) is 38.8 Å². The highest BCUT2D eigenvalue weighted by molar-refractivity contribution is 5.89. The van der Waals surface area contributed by atoms with Crippen molar-refractivity contribution < 1.29 is 32.9 Å². The normalized spacial score (nSPS) is 10.6. The number of hydrogen-bond donors (Lipinski definition) is 0. The molecular formula is C26H29FO6. The van der Waals surface area contributed by atoms with Crippen LogP contribution in [0.15, 0.2) is 54.6 Å². The second-order valence-corrected chi connectivity index (χ2v) is 7.38. The third kappa shape index (κ3) is 7.10. The first-order valence-corrected chi connectivity index (χ1v) is 10.5. The van der Waals surface area contributed by atoms with E-state index in [2.05, 4.69) is 13.2 Å². The van der Waals surface area contributed by atoms with Gasteiger partial charge in [0.25, 0.3) is 0 Å². The highest BCUT2D eigenvalue weighted by Crippen LogP contribution is 2.35. The highest BCUT2D eigenvalue weighted by atomic mass is 19.1. The second-order valence-electron chi connectivity index (χ2n) is 7.38. The van der Waals surface area contributed by atoms with Crippen molar-refractivity contribution in [3.05, 3.63) is 71.6 Å². The Morgan fingerprint density at radius 1 is 0.848 bits per heavy atom. The third-order valence-electron chi connectivity index (χ3n) is 4.53. The highest BCUT2D eigenvalue weighted by Gasteiger charge is 2.19. The van der Waals surface area contributed by atoms with Crippen LogP contribution < -0.4 is 9.47 Å². The maximum absolute atomic E-state index is 15.3. The number of carbonyl (C=O) groups excluding carboxylic acids is 2. The molecule has 6 nitrogen and oxygen atoms in total. The molecule has 176 valence electrons. The summed E-state index contributed by atoms with van der Waals surface area (Å²) in [5, 5.41) is 0. The van der Waals surface area contributed by atoms with Gasteiger partial charge in [0.2, 0.25) is 0 Å². The summed E-state index contributed by atoms with van der Waals surface area (Å²) in [5.74, 6) is -1.44. The number of halogens is 1. The zero-order chi connectivity index (χ0) is 24.5. The van der Waals surface area contributed by atoms with Crippen LogP contribution >= 0.6 is 0 Å². The van der Waals surface area contributed by atoms with Crippen molar-refractivity contribution in [1.29, 1.82) is 0 Å². The third-order valence-corrected chi connectivity index (χ3v) is 4.53. The van der Waals surface area contributed by atoms with Gasteiger partial charge in [-0.1, -0.05) is 19.2 Å². The van der Waals surface area contributed by atoms with Gasteiger partial charge in [-0.15, -0.1) is 0 Å². The summed E-state index contributed by atoms with van der Waals surface area (Å²) in [6, 6.07) is 7.63. The Morgan fingerprint density at radius 3 is 2.00 bits per heavy atom. The smallest absolute Gasteiger partial charge is 0.338 e. The Hall–Kier alpha value is -3.29. The molecule has 0 bridgehead atoms. The van der Waals surface area contributed by atoms with Gasteiger partial charge in [-0.3, -0.25) is 0 Å². The van der Waals surface area contributed by atoms with Crippen LogP contribution in [0.25, 0.3) is 11.1 Å². The van der Waals surface area contributed by atoms with E-state index in [1.807, 2.05) is 13.8 Å². The van der Waals surface area contributed by atoms with Gasteiger partial charge in [0.1, 0.15) is 17.3 Å². The second kappa shape index (κ2) is 12.1. The monoisotopic (exact) mass is 456 g/mol. The van der Waals surface area contributed by atoms with E-state index in [1.54, 1.807) is 31.2 Å². The summed E-state index contributed by atoms with van der Waals surface area (Å²) in [6.07, 6.45) is 0. The van der Waals surface area contributed by atoms with E-state index in [-0.39, 0.29) is 35.7 Å². The molecule has 7 heteroatoms. The molecule has 0 unspecified atom stereocenters. The van der Waals surface area contributed by atoms with Crippen molar-refractivity contribution >= 4 is 11.9 Å². The van der Waals surface area contributed by atoms with Crippen molar-refractivity contribution in [2.45, 2.75) is 40.9 Å². The molecule has 2 rings (SSSR count). The van der Waals surface area contributed by atoms with Crippen LogP contribution in [0.5, 0.6) is 11.5 Å². The number of ether oxygens (including phenoxy) is 4. The lowest BCUT2D eigenvalue weighted by Gasteiger charge is -2.16. The van der Waals surface area contributed by atoms with Gasteiger partial charge >= 0.3 is 11.9 Å². The van der Waals surface area contributed by atoms with E-state index >= 15 is 4.39 Å². The molecule has 0 aliphatic heterocycles. The minimum Gasteiger partial charge on any atom is -0.423 e. The Kier molecular flexibility index (Phi) is 9.51. The molecule has 0 aliphatic carbocycles. The molecule has 0 saturated heterocycles. The number of esters is 2. The molecule has 0 atom stereocenters. The number of benzene rings is 2. The lowest BCUT2D eigenvalue weighted by molar-refractivity contribution is -0.131. The zero-order valence-corrected chi connectivity index (χ0v) is 19.5. The maximum Gasteiger partial charge on any atom is 0.338 e. The van der Waals surface area contributed by atoms with Gasteiger partial charge in [0.05, 0.1) is 13.2 Å². The summed E-state index contributed by atoms with van der Waals surface area (Å²) in [5.41, 5.74) is 2.34. The fourth-order valence-corrected chi connectivity index (χ4v) is 2.88. The molecule has 0 amide bonds. The van der Waals surface area contributed by atoms with Crippen LogP contribution in [0.3, 0.4) is 0 Å². The number of carbonyl (C=O) groups is 2. The average molecular weight is 457 g/mol. The molecule has 0 saturated carbocycles. The lowest BCUT2D eigenvalue weighted by Crippen LogP contribution is -2.11. The van der Waals surface area contributed by atoms with Gasteiger partial charge in [0, 0.05) is 41.6 Å². The Labute approximate surface area is 193 Å². The molecule has 2 aromatic rings. The molecule has 0 heterocycles. The van der Waals surface area contributed by atoms with Gasteiger partial charge in [-0.05, 0) is 57.0 Å². The molecule has 0 radical (unpaired) electrons. The molecule has 33 heavy (non-hydrogen) atoms. The summed E-state index contributed by atoms with van der Waals surface area (Å²) >= 11 is 0. The van der Waals surface area contributed by atoms with Crippen LogP contribution in [-0.2, 0) is 32.3 Å². The minimum atomic E-state index is -0.646. The van der Waals surface area contributed by atoms with Gasteiger partial charge in [-0.25, -0.2) is 14.0 Å². The van der Waals surface area contributed by atoms with Crippen molar-refractivity contribution in [3.8, 4) is 22.6 Å². The van der Waals surface area contributed by atoms with Crippen LogP contribution in [0.2, 0.25) is 0 Å². The van der Waals surface area contributed by atoms with E-state index in [1.165, 1.54) is 6.92 Å². The summed E-state index contributed by atoms with van der Waals surface area (Å²) in [6.45, 7) is 15.0. The Morgan fingerprint density at radius 2 is 1.42 bits per heavy atom. The molecular weight excluding hydrogens is 427 g/mol. The predicted octanol–water partition coefficient (Wildman–Crippen LogP) is 5.53. The zero-order valence-electron chi connectivity index (χ0n) is 19.5. The predicted molar refractivity (Wildman–Crippen MR) is 123 cm³/mol. The summed E-state index contributed by atoms with van der Waals surface area (Å²) in [4.78, 5) is 23.9. The Balaban J connectivity index is 2.55. The van der Waals surface area contributed by atoms with Crippen LogP contribution in [0.4, 0.5) is 4.39 Å². The SMILES string of the molecule is C=C(C)C(=O)Oc1cc(F)c(-c2ccc(OC(=O)C(=C)C)c(COCC)c2)c(COCC)c1. The number of hydrogen-bond acceptors (Lipinski definition) is 6. The van der Waals surface area contributed by atoms with Crippen molar-refractivity contribution in [2.75, 3.05) is 13.2 Å². The minimum absolute atomic E-state index is 0.0560. The molecule has 0 spiro atoms. The first-order valence-electron chi connectivity index (χ1n) is 10.5. The largest absolute Gasteiger partial charge is 0.423 e. The van der Waals surface area contributed by atoms with Crippen molar-refractivity contribution in [3.63, 3.8) is 0 Å². The van der Waals surface area contributed by atoms with Crippen LogP contribution in [-0.4, -0.2) is 25.2 Å². The van der Waals surface area contributed by atoms with Gasteiger partial charge < -0.3 is 18.9 Å². The first kappa shape index (κ1) is 26.0. The average Bonchev–Trinajstić information content (AvgIpc) is 2.76. The van der Waals surface area contributed by atoms with E-state index < -0.39 is 17.8 Å². The van der Waals surface area contributed by atoms with E-state index in [0.29, 0.717) is 35.7 Å². The molecule has 0 aromatic heterocycles. The fourth-order valence-electron chi connectivity index (χ4n) is 2.88. The van der Waals surface area contributed by atoms with E-state index in [0.717, 1.165) is 6.07 Å². The molecule has 2 aromatic carbocycles. The molecule has 0 aliphatic rings. The summed E-state index contributed by atoms with van der Waals surface area (Å²) < 4.78 is 36.9. The topological polar surface area (TPSA) is 71.1 Å². The van der Waals surface area contributed by atoms with Crippen molar-refractivity contribution in [1.82, 2.24) is 0 Å². The standard InChI is InChI=1S/C26H29FO6/c1-7-30-14-19-11-18(9-10-23(19)33-26(29)17(5)6)24-20(15-31-8-2)12-21(13-22(24)27)32-25(28)16(3)4/h9-13H,3,5,7-8,14-15H2,1-2,4,6H3. The quantitative estimate of drug-likeness (QED) is 0.252. The fraction of sp³-hybridized carbons (Fsp3) is 0.308. The lowest BCUT2D eigenvalue weighted by atomic mass is 9.97. The Bertz CT molecular complexity index is 1060. The van der Waals surface area contributed by atoms with Crippen LogP contribution in [0, 0.1) is 5.82 Å². The van der Waals surface area contributed by atoms with Gasteiger partial charge in [-0.2, -0.15) is 0 Å². The van der Waals surface area contributed by atoms with E-state index in [4.69, 9.17) is 18.9 Å². The molecule has 0 N–H and O–H groups in total. The molecule has 0 fully saturated rings. The number of rotatable bonds is 11. The van der Waals surface area contributed by atoms with Gasteiger partial charge in [0.15, 0.2) is 0 Å². The summed E-state index contributed by atoms with van der Waals surface area (Å²) in [7, 11) is 0.